The van der Waals surface area contributed by atoms with Crippen molar-refractivity contribution in [1.29, 1.82) is 0 Å². The summed E-state index contributed by atoms with van der Waals surface area (Å²) in [5, 5.41) is 9.78. The number of rotatable bonds is 75. The third-order valence-electron chi connectivity index (χ3n) is 17.8. The zero-order chi connectivity index (χ0) is 69.0. The number of aliphatic carboxylic acids is 1. The molecule has 0 aromatic heterocycles. The lowest BCUT2D eigenvalue weighted by atomic mass is 10.0. The summed E-state index contributed by atoms with van der Waals surface area (Å²) in [5.41, 5.74) is 0. The summed E-state index contributed by atoms with van der Waals surface area (Å²) in [6, 6.07) is 0. The quantitative estimate of drug-likeness (QED) is 0.0211. The molecule has 0 saturated heterocycles. The lowest BCUT2D eigenvalue weighted by Gasteiger charge is -2.25. The van der Waals surface area contributed by atoms with Gasteiger partial charge in [0, 0.05) is 12.8 Å². The van der Waals surface area contributed by atoms with E-state index in [1.807, 2.05) is 21.1 Å². The largest absolute Gasteiger partial charge is 0.477 e. The minimum Gasteiger partial charge on any atom is -0.477 e. The predicted molar refractivity (Wildman–Crippen MR) is 410 cm³/mol. The van der Waals surface area contributed by atoms with E-state index in [-0.39, 0.29) is 38.2 Å². The number of allylic oxidation sites excluding steroid dienone is 16. The highest BCUT2D eigenvalue weighted by Crippen LogP contribution is 2.19. The predicted octanol–water partition coefficient (Wildman–Crippen LogP) is 25.9. The third-order valence-corrected chi connectivity index (χ3v) is 17.8. The van der Waals surface area contributed by atoms with E-state index in [9.17, 15) is 19.5 Å². The van der Waals surface area contributed by atoms with Crippen molar-refractivity contribution in [2.45, 2.75) is 386 Å². The lowest BCUT2D eigenvalue weighted by Crippen LogP contribution is -2.40. The van der Waals surface area contributed by atoms with Gasteiger partial charge >= 0.3 is 17.9 Å². The van der Waals surface area contributed by atoms with Crippen LogP contribution in [0.25, 0.3) is 0 Å². The Hall–Kier alpha value is -3.79. The topological polar surface area (TPSA) is 108 Å². The smallest absolute Gasteiger partial charge is 0.361 e. The standard InChI is InChI=1S/C86H153NO8/c1-6-8-10-12-14-16-18-20-22-24-26-28-30-32-34-36-37-38-39-40-41-42-43-44-45-46-47-49-51-53-55-57-59-61-63-65-67-69-71-73-75-77-84(89)95-82(81-94-86(85(90)91)92-79-78-87(3,4)5)80-93-83(88)76-74-72-70-68-66-64-62-60-58-56-54-52-50-48-35-33-31-29-27-25-23-21-19-17-15-13-11-9-7-2/h8,10,14,16,19-22,25-28,32,34,37-38,82,86H,6-7,9,11-13,15,17-18,23-24,29-31,33,35-36,39-81H2,1-5H3/p+1/b10-8-,16-14-,21-19-,22-20-,27-25-,28-26-,34-32-,38-37-. The molecule has 95 heavy (non-hydrogen) atoms. The van der Waals surface area contributed by atoms with Gasteiger partial charge in [0.15, 0.2) is 6.10 Å². The van der Waals surface area contributed by atoms with Crippen LogP contribution in [0.4, 0.5) is 0 Å². The second-order valence-electron chi connectivity index (χ2n) is 28.3. The van der Waals surface area contributed by atoms with Crippen LogP contribution < -0.4 is 0 Å². The molecular formula is C86H154NO8+. The third kappa shape index (κ3) is 77.4. The Morgan fingerprint density at radius 3 is 0.895 bits per heavy atom. The van der Waals surface area contributed by atoms with E-state index in [2.05, 4.69) is 111 Å². The normalized spacial score (nSPS) is 13.1. The summed E-state index contributed by atoms with van der Waals surface area (Å²) in [5.74, 6) is -1.98. The second-order valence-corrected chi connectivity index (χ2v) is 28.3. The van der Waals surface area contributed by atoms with Gasteiger partial charge in [0.05, 0.1) is 34.4 Å². The monoisotopic (exact) mass is 1330 g/mol. The van der Waals surface area contributed by atoms with E-state index in [0.717, 1.165) is 83.5 Å². The minimum absolute atomic E-state index is 0.179. The fourth-order valence-electron chi connectivity index (χ4n) is 11.7. The summed E-state index contributed by atoms with van der Waals surface area (Å²) in [6.07, 6.45) is 103. The highest BCUT2D eigenvalue weighted by atomic mass is 16.7. The van der Waals surface area contributed by atoms with Gasteiger partial charge in [-0.25, -0.2) is 4.79 Å². The maximum atomic E-state index is 13.0. The van der Waals surface area contributed by atoms with Crippen LogP contribution in [0.15, 0.2) is 97.2 Å². The number of carbonyl (C=O) groups excluding carboxylic acids is 2. The molecule has 0 bridgehead atoms. The molecule has 0 rings (SSSR count). The maximum absolute atomic E-state index is 13.0. The van der Waals surface area contributed by atoms with Gasteiger partial charge in [-0.15, -0.1) is 0 Å². The van der Waals surface area contributed by atoms with Crippen molar-refractivity contribution >= 4 is 17.9 Å². The molecule has 0 fully saturated rings. The van der Waals surface area contributed by atoms with Crippen molar-refractivity contribution in [1.82, 2.24) is 0 Å². The highest BCUT2D eigenvalue weighted by Gasteiger charge is 2.25. The summed E-state index contributed by atoms with van der Waals surface area (Å²) in [6.45, 7) is 4.81. The van der Waals surface area contributed by atoms with E-state index in [0.29, 0.717) is 17.4 Å². The van der Waals surface area contributed by atoms with Crippen LogP contribution in [-0.4, -0.2) is 87.4 Å². The van der Waals surface area contributed by atoms with Crippen molar-refractivity contribution in [2.75, 3.05) is 47.5 Å². The van der Waals surface area contributed by atoms with E-state index in [1.54, 1.807) is 0 Å². The Kier molecular flexibility index (Phi) is 72.9. The van der Waals surface area contributed by atoms with E-state index >= 15 is 0 Å². The zero-order valence-corrected chi connectivity index (χ0v) is 63.1. The lowest BCUT2D eigenvalue weighted by molar-refractivity contribution is -0.870. The second kappa shape index (κ2) is 76.0. The number of hydrogen-bond acceptors (Lipinski definition) is 7. The van der Waals surface area contributed by atoms with Gasteiger partial charge in [-0.3, -0.25) is 9.59 Å². The first kappa shape index (κ1) is 91.2. The van der Waals surface area contributed by atoms with Crippen LogP contribution in [0.5, 0.6) is 0 Å². The molecule has 0 spiro atoms. The highest BCUT2D eigenvalue weighted by molar-refractivity contribution is 5.71. The molecule has 0 aliphatic rings. The van der Waals surface area contributed by atoms with Crippen molar-refractivity contribution in [3.63, 3.8) is 0 Å². The average molecular weight is 1330 g/mol. The first-order chi connectivity index (χ1) is 46.6. The molecule has 9 heteroatoms. The molecule has 2 atom stereocenters. The Balaban J connectivity index is 3.98. The summed E-state index contributed by atoms with van der Waals surface area (Å²) in [4.78, 5) is 37.7. The van der Waals surface area contributed by atoms with Gasteiger partial charge in [0.1, 0.15) is 13.2 Å². The van der Waals surface area contributed by atoms with Gasteiger partial charge in [0.2, 0.25) is 0 Å². The fraction of sp³-hybridized carbons (Fsp3) is 0.779. The van der Waals surface area contributed by atoms with Crippen LogP contribution in [0, 0.1) is 0 Å². The molecule has 1 N–H and O–H groups in total. The molecule has 0 aliphatic heterocycles. The number of carbonyl (C=O) groups is 3. The van der Waals surface area contributed by atoms with Crippen LogP contribution in [-0.2, 0) is 33.3 Å². The molecule has 0 amide bonds. The first-order valence-corrected chi connectivity index (χ1v) is 40.4. The Labute approximate surface area is 588 Å². The van der Waals surface area contributed by atoms with Gasteiger partial charge in [0.25, 0.3) is 6.29 Å². The number of carboxylic acids is 1. The summed E-state index contributed by atoms with van der Waals surface area (Å²) in [7, 11) is 5.99. The molecule has 0 heterocycles. The van der Waals surface area contributed by atoms with Crippen molar-refractivity contribution < 1.29 is 42.9 Å². The van der Waals surface area contributed by atoms with Crippen LogP contribution >= 0.6 is 0 Å². The van der Waals surface area contributed by atoms with Gasteiger partial charge in [-0.1, -0.05) is 361 Å². The number of hydrogen-bond donors (Lipinski definition) is 1. The molecule has 0 aromatic rings. The van der Waals surface area contributed by atoms with E-state index in [4.69, 9.17) is 18.9 Å². The van der Waals surface area contributed by atoms with Crippen LogP contribution in [0.1, 0.15) is 373 Å². The molecule has 0 saturated carbocycles. The molecule has 0 radical (unpaired) electrons. The average Bonchev–Trinajstić information content (AvgIpc) is 3.54. The molecule has 9 nitrogen and oxygen atoms in total. The fourth-order valence-corrected chi connectivity index (χ4v) is 11.7. The van der Waals surface area contributed by atoms with E-state index in [1.165, 1.54) is 263 Å². The number of quaternary nitrogens is 1. The molecule has 2 unspecified atom stereocenters. The minimum atomic E-state index is -1.51. The number of carboxylic acid groups (broad SMARTS) is 1. The molecule has 0 aromatic carbocycles. The number of ether oxygens (including phenoxy) is 4. The van der Waals surface area contributed by atoms with Crippen molar-refractivity contribution in [3.8, 4) is 0 Å². The van der Waals surface area contributed by atoms with Crippen LogP contribution in [0.3, 0.4) is 0 Å². The number of unbranched alkanes of at least 4 members (excludes halogenated alkanes) is 44. The SMILES string of the molecule is CC/C=C\C/C=C\C/C=C\C/C=C\C/C=C\C/C=C\CCCCCCCCCCCCCCCCCCCCCCCCC(=O)OC(COC(=O)CCCCCCCCCCCCCCCCCCC/C=C\C/C=C\CCCCCCC)COC(OCC[N+](C)(C)C)C(=O)O. The molecule has 0 aliphatic carbocycles. The Morgan fingerprint density at radius 1 is 0.326 bits per heavy atom. The van der Waals surface area contributed by atoms with E-state index < -0.39 is 18.4 Å². The molecule has 550 valence electrons. The zero-order valence-electron chi connectivity index (χ0n) is 63.1. The van der Waals surface area contributed by atoms with Gasteiger partial charge in [-0.2, -0.15) is 0 Å². The number of likely N-dealkylation sites (N-methyl/N-ethyl adjacent to an activating group) is 1. The summed E-state index contributed by atoms with van der Waals surface area (Å²) >= 11 is 0. The van der Waals surface area contributed by atoms with Crippen molar-refractivity contribution in [2.24, 2.45) is 0 Å². The van der Waals surface area contributed by atoms with Gasteiger partial charge < -0.3 is 28.5 Å². The summed E-state index contributed by atoms with van der Waals surface area (Å²) < 4.78 is 23.1. The van der Waals surface area contributed by atoms with Gasteiger partial charge in [-0.05, 0) is 96.3 Å². The Morgan fingerprint density at radius 2 is 0.600 bits per heavy atom. The van der Waals surface area contributed by atoms with Crippen LogP contribution in [0.2, 0.25) is 0 Å². The van der Waals surface area contributed by atoms with Crippen molar-refractivity contribution in [3.05, 3.63) is 97.2 Å². The Bertz CT molecular complexity index is 1890. The molecular weight excluding hydrogens is 1170 g/mol. The number of nitrogens with zero attached hydrogens (tertiary/aromatic N) is 1. The number of esters is 2. The maximum Gasteiger partial charge on any atom is 0.361 e. The first-order valence-electron chi connectivity index (χ1n) is 40.4.